The van der Waals surface area contributed by atoms with Crippen LogP contribution in [0.3, 0.4) is 0 Å². The van der Waals surface area contributed by atoms with Gasteiger partial charge in [0.25, 0.3) is 0 Å². The van der Waals surface area contributed by atoms with Gasteiger partial charge >= 0.3 is 0 Å². The predicted molar refractivity (Wildman–Crippen MR) is 129 cm³/mol. The first kappa shape index (κ1) is 23.1. The molecule has 0 spiro atoms. The molecule has 0 amide bonds. The third-order valence-corrected chi connectivity index (χ3v) is 6.23. The van der Waals surface area contributed by atoms with E-state index in [0.717, 1.165) is 53.0 Å². The molecule has 0 fully saturated rings. The minimum absolute atomic E-state index is 0.0986. The molecule has 0 saturated heterocycles. The van der Waals surface area contributed by atoms with Crippen molar-refractivity contribution in [2.75, 3.05) is 28.4 Å². The number of benzene rings is 2. The number of nitrogens with zero attached hydrogens (tertiary/aromatic N) is 1. The minimum Gasteiger partial charge on any atom is -0.497 e. The van der Waals surface area contributed by atoms with Crippen LogP contribution in [0.25, 0.3) is 6.08 Å². The van der Waals surface area contributed by atoms with Crippen molar-refractivity contribution in [1.82, 2.24) is 0 Å². The summed E-state index contributed by atoms with van der Waals surface area (Å²) in [6, 6.07) is 13.5. The number of nitrogens with two attached hydrogens (primary N) is 1. The second kappa shape index (κ2) is 9.84. The highest BCUT2D eigenvalue weighted by molar-refractivity contribution is 5.67. The number of ether oxygens (including phenoxy) is 5. The van der Waals surface area contributed by atoms with Gasteiger partial charge in [-0.3, -0.25) is 0 Å². The fourth-order valence-electron chi connectivity index (χ4n) is 4.60. The molecule has 0 radical (unpaired) electrons. The van der Waals surface area contributed by atoms with Crippen LogP contribution in [0.15, 0.2) is 64.8 Å². The molecule has 2 aliphatic rings. The average Bonchev–Trinajstić information content (AvgIpc) is 2.87. The highest BCUT2D eigenvalue weighted by Crippen LogP contribution is 2.49. The molecule has 4 rings (SSSR count). The SMILES string of the molecule is COc1ccc(OC)c(/C=C2\CCCC3=C2OC(N)=C(C#N)C3c2cc(OC)ccc2OC)c1. The Morgan fingerprint density at radius 1 is 0.941 bits per heavy atom. The fraction of sp³-hybridized carbons (Fsp3) is 0.296. The molecule has 1 atom stereocenters. The summed E-state index contributed by atoms with van der Waals surface area (Å²) in [5.41, 5.74) is 10.3. The van der Waals surface area contributed by atoms with E-state index in [9.17, 15) is 5.26 Å². The Labute approximate surface area is 199 Å². The molecular weight excluding hydrogens is 432 g/mol. The zero-order valence-electron chi connectivity index (χ0n) is 19.8. The number of methoxy groups -OCH3 is 4. The third-order valence-electron chi connectivity index (χ3n) is 6.23. The lowest BCUT2D eigenvalue weighted by Crippen LogP contribution is -2.24. The second-order valence-electron chi connectivity index (χ2n) is 8.02. The lowest BCUT2D eigenvalue weighted by atomic mass is 9.76. The summed E-state index contributed by atoms with van der Waals surface area (Å²) >= 11 is 0. The van der Waals surface area contributed by atoms with Crippen molar-refractivity contribution in [2.24, 2.45) is 5.73 Å². The highest BCUT2D eigenvalue weighted by atomic mass is 16.5. The molecule has 7 nitrogen and oxygen atoms in total. The second-order valence-corrected chi connectivity index (χ2v) is 8.02. The molecule has 7 heteroatoms. The molecule has 1 aliphatic heterocycles. The first-order valence-electron chi connectivity index (χ1n) is 11.0. The Balaban J connectivity index is 1.90. The maximum atomic E-state index is 9.99. The van der Waals surface area contributed by atoms with Crippen LogP contribution in [-0.2, 0) is 4.74 Å². The standard InChI is InChI=1S/C27H28N2O5/c1-30-18-8-10-23(32-3)17(13-18)12-16-6-5-7-20-25(22(15-28)27(29)34-26(16)20)21-14-19(31-2)9-11-24(21)33-4/h8-14,25H,5-7,29H2,1-4H3/b16-12+. The van der Waals surface area contributed by atoms with Crippen LogP contribution in [0.5, 0.6) is 23.0 Å². The fourth-order valence-corrected chi connectivity index (χ4v) is 4.60. The molecule has 2 aromatic carbocycles. The minimum atomic E-state index is -0.394. The number of hydrogen-bond donors (Lipinski definition) is 1. The van der Waals surface area contributed by atoms with Crippen molar-refractivity contribution < 1.29 is 23.7 Å². The Morgan fingerprint density at radius 3 is 2.26 bits per heavy atom. The van der Waals surface area contributed by atoms with Gasteiger partial charge < -0.3 is 29.4 Å². The maximum absolute atomic E-state index is 9.99. The molecule has 1 unspecified atom stereocenters. The monoisotopic (exact) mass is 460 g/mol. The Morgan fingerprint density at radius 2 is 1.62 bits per heavy atom. The Bertz CT molecular complexity index is 1240. The van der Waals surface area contributed by atoms with Gasteiger partial charge in [0.2, 0.25) is 5.88 Å². The van der Waals surface area contributed by atoms with E-state index in [0.29, 0.717) is 22.8 Å². The van der Waals surface area contributed by atoms with Gasteiger partial charge in [-0.05, 0) is 72.9 Å². The smallest absolute Gasteiger partial charge is 0.205 e. The zero-order chi connectivity index (χ0) is 24.2. The molecule has 1 aliphatic carbocycles. The summed E-state index contributed by atoms with van der Waals surface area (Å²) in [4.78, 5) is 0. The highest BCUT2D eigenvalue weighted by Gasteiger charge is 2.37. The molecular formula is C27H28N2O5. The molecule has 176 valence electrons. The number of rotatable bonds is 6. The van der Waals surface area contributed by atoms with Crippen molar-refractivity contribution in [3.8, 4) is 29.1 Å². The van der Waals surface area contributed by atoms with Crippen LogP contribution >= 0.6 is 0 Å². The first-order chi connectivity index (χ1) is 16.5. The largest absolute Gasteiger partial charge is 0.497 e. The van der Waals surface area contributed by atoms with E-state index in [2.05, 4.69) is 6.07 Å². The first-order valence-corrected chi connectivity index (χ1v) is 11.0. The molecule has 0 saturated carbocycles. The van der Waals surface area contributed by atoms with Gasteiger partial charge in [-0.15, -0.1) is 0 Å². The van der Waals surface area contributed by atoms with E-state index in [-0.39, 0.29) is 5.88 Å². The van der Waals surface area contributed by atoms with Gasteiger partial charge in [0.15, 0.2) is 0 Å². The lowest BCUT2D eigenvalue weighted by molar-refractivity contribution is 0.276. The van der Waals surface area contributed by atoms with Crippen molar-refractivity contribution in [3.05, 3.63) is 75.9 Å². The van der Waals surface area contributed by atoms with E-state index in [1.807, 2.05) is 42.5 Å². The van der Waals surface area contributed by atoms with Crippen LogP contribution in [0.1, 0.15) is 36.3 Å². The lowest BCUT2D eigenvalue weighted by Gasteiger charge is -2.34. The summed E-state index contributed by atoms with van der Waals surface area (Å²) in [5, 5.41) is 9.99. The predicted octanol–water partition coefficient (Wildman–Crippen LogP) is 5.05. The van der Waals surface area contributed by atoms with E-state index in [4.69, 9.17) is 29.4 Å². The molecule has 2 N–H and O–H groups in total. The zero-order valence-corrected chi connectivity index (χ0v) is 19.8. The van der Waals surface area contributed by atoms with E-state index in [1.165, 1.54) is 0 Å². The van der Waals surface area contributed by atoms with E-state index >= 15 is 0 Å². The molecule has 0 aromatic heterocycles. The Hall–Kier alpha value is -4.05. The molecule has 0 bridgehead atoms. The number of nitriles is 1. The van der Waals surface area contributed by atoms with Crippen molar-refractivity contribution >= 4 is 6.08 Å². The van der Waals surface area contributed by atoms with Gasteiger partial charge in [0.1, 0.15) is 40.4 Å². The third kappa shape index (κ3) is 4.15. The summed E-state index contributed by atoms with van der Waals surface area (Å²) in [6.45, 7) is 0. The summed E-state index contributed by atoms with van der Waals surface area (Å²) in [6.07, 6.45) is 4.52. The van der Waals surface area contributed by atoms with Crippen LogP contribution in [0.4, 0.5) is 0 Å². The average molecular weight is 461 g/mol. The molecule has 2 aromatic rings. The summed E-state index contributed by atoms with van der Waals surface area (Å²) in [5.74, 6) is 3.19. The molecule has 1 heterocycles. The van der Waals surface area contributed by atoms with E-state index < -0.39 is 5.92 Å². The van der Waals surface area contributed by atoms with Gasteiger partial charge in [-0.1, -0.05) is 0 Å². The normalized spacial score (nSPS) is 18.7. The molecule has 34 heavy (non-hydrogen) atoms. The van der Waals surface area contributed by atoms with E-state index in [1.54, 1.807) is 28.4 Å². The van der Waals surface area contributed by atoms with Crippen LogP contribution in [0.2, 0.25) is 0 Å². The number of hydrogen-bond acceptors (Lipinski definition) is 7. The maximum Gasteiger partial charge on any atom is 0.205 e. The van der Waals surface area contributed by atoms with Gasteiger partial charge in [-0.25, -0.2) is 0 Å². The summed E-state index contributed by atoms with van der Waals surface area (Å²) in [7, 11) is 6.49. The Kier molecular flexibility index (Phi) is 6.69. The van der Waals surface area contributed by atoms with Crippen molar-refractivity contribution in [1.29, 1.82) is 5.26 Å². The quantitative estimate of drug-likeness (QED) is 0.644. The topological polar surface area (TPSA) is 96.0 Å². The summed E-state index contributed by atoms with van der Waals surface area (Å²) < 4.78 is 28.2. The van der Waals surface area contributed by atoms with Crippen LogP contribution in [-0.4, -0.2) is 28.4 Å². The van der Waals surface area contributed by atoms with Gasteiger partial charge in [0, 0.05) is 11.1 Å². The van der Waals surface area contributed by atoms with Gasteiger partial charge in [-0.2, -0.15) is 5.26 Å². The van der Waals surface area contributed by atoms with Crippen molar-refractivity contribution in [3.63, 3.8) is 0 Å². The van der Waals surface area contributed by atoms with Crippen LogP contribution < -0.4 is 24.7 Å². The van der Waals surface area contributed by atoms with Crippen molar-refractivity contribution in [2.45, 2.75) is 25.2 Å². The van der Waals surface area contributed by atoms with Crippen LogP contribution in [0, 0.1) is 11.3 Å². The number of allylic oxidation sites excluding steroid dienone is 3. The van der Waals surface area contributed by atoms with Gasteiger partial charge in [0.05, 0.1) is 34.4 Å².